The number of carboxylic acids is 1. The van der Waals surface area contributed by atoms with Gasteiger partial charge in [0.25, 0.3) is 0 Å². The number of hydrogen-bond acceptors (Lipinski definition) is 3. The van der Waals surface area contributed by atoms with Crippen LogP contribution in [0.3, 0.4) is 0 Å². The van der Waals surface area contributed by atoms with Gasteiger partial charge in [-0.2, -0.15) is 0 Å². The van der Waals surface area contributed by atoms with Crippen molar-refractivity contribution in [3.8, 4) is 0 Å². The monoisotopic (exact) mass is 252 g/mol. The van der Waals surface area contributed by atoms with Crippen LogP contribution in [0, 0.1) is 0 Å². The molecule has 0 spiro atoms. The van der Waals surface area contributed by atoms with Crippen LogP contribution in [0.4, 0.5) is 0 Å². The van der Waals surface area contributed by atoms with Crippen molar-refractivity contribution in [1.82, 2.24) is 4.90 Å². The third-order valence-corrected chi connectivity index (χ3v) is 3.80. The summed E-state index contributed by atoms with van der Waals surface area (Å²) < 4.78 is 0. The van der Waals surface area contributed by atoms with Crippen molar-refractivity contribution < 1.29 is 9.90 Å². The van der Waals surface area contributed by atoms with E-state index in [9.17, 15) is 9.90 Å². The maximum atomic E-state index is 11.3. The van der Waals surface area contributed by atoms with E-state index in [1.807, 2.05) is 0 Å². The summed E-state index contributed by atoms with van der Waals surface area (Å²) in [6, 6.07) is 0. The normalized spacial score (nSPS) is 19.8. The van der Waals surface area contributed by atoms with Crippen LogP contribution >= 0.6 is 0 Å². The van der Waals surface area contributed by atoms with Gasteiger partial charge in [0.15, 0.2) is 0 Å². The van der Waals surface area contributed by atoms with Gasteiger partial charge in [0.1, 0.15) is 5.54 Å². The maximum absolute atomic E-state index is 11.3. The van der Waals surface area contributed by atoms with Gasteiger partial charge in [-0.15, -0.1) is 0 Å². The highest BCUT2D eigenvalue weighted by molar-refractivity contribution is 6.08. The number of nitrogens with zero attached hydrogens (tertiary/aromatic N) is 1. The van der Waals surface area contributed by atoms with Gasteiger partial charge in [0.2, 0.25) is 0 Å². The molecule has 1 saturated heterocycles. The van der Waals surface area contributed by atoms with Crippen LogP contribution in [0.25, 0.3) is 0 Å². The molecule has 2 radical (unpaired) electrons. The Labute approximate surface area is 111 Å². The average molecular weight is 252 g/mol. The predicted octanol–water partition coefficient (Wildman–Crippen LogP) is 1.40. The standard InChI is InChI=1S/C13H25BN2O2/c14-8-2-1-6-13(15,12(17)18)7-5-11-16-9-3-4-10-16/h1-11,15H2,(H,17,18). The predicted molar refractivity (Wildman–Crippen MR) is 73.9 cm³/mol. The van der Waals surface area contributed by atoms with E-state index in [4.69, 9.17) is 13.6 Å². The first-order valence-electron chi connectivity index (χ1n) is 7.03. The zero-order chi connectivity index (χ0) is 13.4. The number of likely N-dealkylation sites (tertiary alicyclic amines) is 1. The molecule has 0 aromatic heterocycles. The molecule has 5 heteroatoms. The summed E-state index contributed by atoms with van der Waals surface area (Å²) in [5.41, 5.74) is 4.95. The molecule has 0 aromatic rings. The smallest absolute Gasteiger partial charge is 0.323 e. The highest BCUT2D eigenvalue weighted by Crippen LogP contribution is 2.20. The number of carboxylic acid groups (broad SMARTS) is 1. The zero-order valence-electron chi connectivity index (χ0n) is 11.2. The topological polar surface area (TPSA) is 66.6 Å². The SMILES string of the molecule is [B]CCCCC(N)(CCCN1CCCC1)C(=O)O. The van der Waals surface area contributed by atoms with Crippen molar-refractivity contribution in [2.24, 2.45) is 5.73 Å². The molecule has 4 nitrogen and oxygen atoms in total. The number of rotatable bonds is 9. The van der Waals surface area contributed by atoms with Crippen molar-refractivity contribution >= 4 is 13.8 Å². The Bertz CT molecular complexity index is 257. The molecule has 0 aliphatic carbocycles. The lowest BCUT2D eigenvalue weighted by Crippen LogP contribution is -2.48. The minimum atomic E-state index is -1.06. The van der Waals surface area contributed by atoms with E-state index in [-0.39, 0.29) is 0 Å². The fourth-order valence-corrected chi connectivity index (χ4v) is 2.55. The van der Waals surface area contributed by atoms with Gasteiger partial charge in [-0.05, 0) is 51.7 Å². The van der Waals surface area contributed by atoms with Gasteiger partial charge in [-0.1, -0.05) is 19.2 Å². The number of unbranched alkanes of at least 4 members (excludes halogenated alkanes) is 1. The molecule has 0 amide bonds. The van der Waals surface area contributed by atoms with Crippen molar-refractivity contribution in [1.29, 1.82) is 0 Å². The van der Waals surface area contributed by atoms with Gasteiger partial charge in [-0.3, -0.25) is 4.79 Å². The molecule has 1 aliphatic heterocycles. The summed E-state index contributed by atoms with van der Waals surface area (Å²) in [5, 5.41) is 9.25. The second-order valence-electron chi connectivity index (χ2n) is 5.36. The van der Waals surface area contributed by atoms with Crippen LogP contribution in [0.2, 0.25) is 6.32 Å². The van der Waals surface area contributed by atoms with E-state index in [0.717, 1.165) is 38.9 Å². The lowest BCUT2D eigenvalue weighted by molar-refractivity contribution is -0.144. The van der Waals surface area contributed by atoms with Crippen LogP contribution in [0.15, 0.2) is 0 Å². The zero-order valence-corrected chi connectivity index (χ0v) is 11.2. The summed E-state index contributed by atoms with van der Waals surface area (Å²) in [4.78, 5) is 13.7. The van der Waals surface area contributed by atoms with Gasteiger partial charge >= 0.3 is 5.97 Å². The Kier molecular flexibility index (Phi) is 6.72. The van der Waals surface area contributed by atoms with Crippen molar-refractivity contribution in [2.75, 3.05) is 19.6 Å². The summed E-state index contributed by atoms with van der Waals surface area (Å²) in [5.74, 6) is -0.874. The number of hydrogen-bond donors (Lipinski definition) is 2. The molecular weight excluding hydrogens is 227 g/mol. The Morgan fingerprint density at radius 2 is 1.83 bits per heavy atom. The fourth-order valence-electron chi connectivity index (χ4n) is 2.55. The van der Waals surface area contributed by atoms with Crippen LogP contribution < -0.4 is 5.73 Å². The third-order valence-electron chi connectivity index (χ3n) is 3.80. The van der Waals surface area contributed by atoms with Crippen LogP contribution in [0.1, 0.15) is 44.9 Å². The largest absolute Gasteiger partial charge is 0.480 e. The molecule has 102 valence electrons. The second kappa shape index (κ2) is 7.79. The fraction of sp³-hybridized carbons (Fsp3) is 0.923. The Hall–Kier alpha value is -0.545. The molecule has 0 aromatic carbocycles. The summed E-state index contributed by atoms with van der Waals surface area (Å²) >= 11 is 0. The van der Waals surface area contributed by atoms with Crippen LogP contribution in [-0.2, 0) is 4.79 Å². The minimum Gasteiger partial charge on any atom is -0.480 e. The lowest BCUT2D eigenvalue weighted by atomic mass is 9.87. The number of aliphatic carboxylic acids is 1. The van der Waals surface area contributed by atoms with Crippen molar-refractivity contribution in [3.05, 3.63) is 0 Å². The van der Waals surface area contributed by atoms with Crippen LogP contribution in [0.5, 0.6) is 0 Å². The molecule has 1 aliphatic rings. The molecular formula is C13H25BN2O2. The highest BCUT2D eigenvalue weighted by atomic mass is 16.4. The summed E-state index contributed by atoms with van der Waals surface area (Å²) in [7, 11) is 5.42. The average Bonchev–Trinajstić information content (AvgIpc) is 2.82. The van der Waals surface area contributed by atoms with E-state index >= 15 is 0 Å². The maximum Gasteiger partial charge on any atom is 0.323 e. The number of nitrogens with two attached hydrogens (primary N) is 1. The quantitative estimate of drug-likeness (QED) is 0.481. The third kappa shape index (κ3) is 4.98. The Morgan fingerprint density at radius 3 is 2.39 bits per heavy atom. The molecule has 0 bridgehead atoms. The van der Waals surface area contributed by atoms with E-state index in [2.05, 4.69) is 4.90 Å². The van der Waals surface area contributed by atoms with Gasteiger partial charge in [-0.25, -0.2) is 0 Å². The minimum absolute atomic E-state index is 0.527. The molecule has 1 heterocycles. The van der Waals surface area contributed by atoms with Crippen molar-refractivity contribution in [3.63, 3.8) is 0 Å². The molecule has 3 N–H and O–H groups in total. The summed E-state index contributed by atoms with van der Waals surface area (Å²) in [6.45, 7) is 3.28. The van der Waals surface area contributed by atoms with E-state index in [0.29, 0.717) is 19.2 Å². The molecule has 1 fully saturated rings. The van der Waals surface area contributed by atoms with Crippen molar-refractivity contribution in [2.45, 2.75) is 56.8 Å². The molecule has 18 heavy (non-hydrogen) atoms. The molecule has 0 saturated carbocycles. The first-order chi connectivity index (χ1) is 8.58. The Morgan fingerprint density at radius 1 is 1.22 bits per heavy atom. The second-order valence-corrected chi connectivity index (χ2v) is 5.36. The van der Waals surface area contributed by atoms with Gasteiger partial charge in [0.05, 0.1) is 7.85 Å². The highest BCUT2D eigenvalue weighted by Gasteiger charge is 2.32. The molecule has 1 unspecified atom stereocenters. The Balaban J connectivity index is 2.29. The lowest BCUT2D eigenvalue weighted by Gasteiger charge is -2.26. The first-order valence-corrected chi connectivity index (χ1v) is 7.03. The van der Waals surface area contributed by atoms with Gasteiger partial charge in [0, 0.05) is 0 Å². The molecule has 1 atom stereocenters. The molecule has 1 rings (SSSR count). The first kappa shape index (κ1) is 15.5. The summed E-state index contributed by atoms with van der Waals surface area (Å²) in [6.07, 6.45) is 6.73. The van der Waals surface area contributed by atoms with Crippen LogP contribution in [-0.4, -0.2) is 49.0 Å². The van der Waals surface area contributed by atoms with E-state index in [1.165, 1.54) is 12.8 Å². The van der Waals surface area contributed by atoms with E-state index in [1.54, 1.807) is 0 Å². The van der Waals surface area contributed by atoms with E-state index < -0.39 is 11.5 Å². The van der Waals surface area contributed by atoms with Gasteiger partial charge < -0.3 is 15.7 Å². The number of carbonyl (C=O) groups is 1.